The first-order chi connectivity index (χ1) is 9.24. The number of aliphatic hydroxyl groups excluding tert-OH is 1. The summed E-state index contributed by atoms with van der Waals surface area (Å²) in [6.07, 6.45) is 3.56. The molecule has 2 N–H and O–H groups in total. The second-order valence-electron chi connectivity index (χ2n) is 4.72. The van der Waals surface area contributed by atoms with Crippen LogP contribution in [-0.2, 0) is 6.42 Å². The zero-order valence-electron chi connectivity index (χ0n) is 10.7. The largest absolute Gasteiger partial charge is 0.368 e. The van der Waals surface area contributed by atoms with Crippen LogP contribution in [0.5, 0.6) is 0 Å². The maximum atomic E-state index is 9.91. The van der Waals surface area contributed by atoms with Gasteiger partial charge < -0.3 is 5.11 Å². The number of hydrogen-bond acceptors (Lipinski definition) is 4. The first-order valence-electron chi connectivity index (χ1n) is 6.24. The Morgan fingerprint density at radius 3 is 3.00 bits per heavy atom. The fourth-order valence-electron chi connectivity index (χ4n) is 2.26. The molecule has 4 heteroatoms. The van der Waals surface area contributed by atoms with Gasteiger partial charge in [-0.15, -0.1) is 0 Å². The van der Waals surface area contributed by atoms with Crippen LogP contribution in [0, 0.1) is 6.92 Å². The van der Waals surface area contributed by atoms with Crippen LogP contribution < -0.4 is 5.43 Å². The monoisotopic (exact) mass is 253 g/mol. The summed E-state index contributed by atoms with van der Waals surface area (Å²) in [6, 6.07) is 9.94. The number of fused-ring (bicyclic) bond motifs is 1. The molecular formula is C15H15N3O. The average Bonchev–Trinajstić information content (AvgIpc) is 2.43. The highest BCUT2D eigenvalue weighted by molar-refractivity contribution is 6.03. The van der Waals surface area contributed by atoms with Crippen molar-refractivity contribution in [1.82, 2.24) is 10.4 Å². The molecule has 0 aliphatic carbocycles. The normalized spacial score (nSPS) is 17.4. The number of hydrogen-bond donors (Lipinski definition) is 2. The summed E-state index contributed by atoms with van der Waals surface area (Å²) in [5, 5.41) is 14.2. The number of rotatable bonds is 2. The molecule has 0 fully saturated rings. The van der Waals surface area contributed by atoms with Crippen LogP contribution in [0.2, 0.25) is 0 Å². The minimum atomic E-state index is -0.728. The summed E-state index contributed by atoms with van der Waals surface area (Å²) in [6.45, 7) is 2.04. The van der Waals surface area contributed by atoms with Gasteiger partial charge in [0, 0.05) is 29.9 Å². The van der Waals surface area contributed by atoms with Gasteiger partial charge in [0.2, 0.25) is 0 Å². The number of aryl methyl sites for hydroxylation is 1. The zero-order chi connectivity index (χ0) is 13.2. The lowest BCUT2D eigenvalue weighted by Gasteiger charge is -2.22. The van der Waals surface area contributed by atoms with Crippen molar-refractivity contribution in [2.24, 2.45) is 5.10 Å². The highest BCUT2D eigenvalue weighted by Gasteiger charge is 2.20. The van der Waals surface area contributed by atoms with Crippen molar-refractivity contribution in [3.8, 4) is 0 Å². The van der Waals surface area contributed by atoms with Gasteiger partial charge >= 0.3 is 0 Å². The molecule has 0 bridgehead atoms. The van der Waals surface area contributed by atoms with Crippen LogP contribution in [0.3, 0.4) is 0 Å². The summed E-state index contributed by atoms with van der Waals surface area (Å²) < 4.78 is 0. The van der Waals surface area contributed by atoms with E-state index in [1.807, 2.05) is 37.4 Å². The number of nitrogens with one attached hydrogen (secondary N) is 1. The minimum Gasteiger partial charge on any atom is -0.368 e. The molecule has 1 aromatic heterocycles. The molecule has 0 saturated heterocycles. The van der Waals surface area contributed by atoms with Crippen molar-refractivity contribution in [3.63, 3.8) is 0 Å². The van der Waals surface area contributed by atoms with E-state index in [1.165, 1.54) is 0 Å². The van der Waals surface area contributed by atoms with Gasteiger partial charge in [-0.3, -0.25) is 10.4 Å². The van der Waals surface area contributed by atoms with E-state index in [0.717, 1.165) is 28.0 Å². The maximum Gasteiger partial charge on any atom is 0.166 e. The van der Waals surface area contributed by atoms with E-state index < -0.39 is 6.23 Å². The predicted octanol–water partition coefficient (Wildman–Crippen LogP) is 1.93. The average molecular weight is 253 g/mol. The summed E-state index contributed by atoms with van der Waals surface area (Å²) in [5.74, 6) is 0. The van der Waals surface area contributed by atoms with Crippen molar-refractivity contribution in [3.05, 3.63) is 65.0 Å². The number of hydrazone groups is 1. The number of aromatic nitrogens is 1. The van der Waals surface area contributed by atoms with E-state index in [2.05, 4.69) is 21.6 Å². The Balaban J connectivity index is 1.98. The van der Waals surface area contributed by atoms with Gasteiger partial charge in [0.05, 0.1) is 5.71 Å². The number of aliphatic hydroxyl groups is 1. The van der Waals surface area contributed by atoms with Crippen LogP contribution in [0.1, 0.15) is 28.5 Å². The van der Waals surface area contributed by atoms with E-state index in [9.17, 15) is 5.11 Å². The van der Waals surface area contributed by atoms with Gasteiger partial charge in [-0.05, 0) is 24.6 Å². The standard InChI is InChI=1S/C15H15N3O/c1-10-4-5-12-13(7-10)14(17-18-15(12)19)8-11-3-2-6-16-9-11/h2-7,9,15,18-19H,8H2,1H3. The third-order valence-corrected chi connectivity index (χ3v) is 3.23. The Morgan fingerprint density at radius 2 is 2.21 bits per heavy atom. The molecule has 96 valence electrons. The van der Waals surface area contributed by atoms with Crippen LogP contribution in [-0.4, -0.2) is 15.8 Å². The van der Waals surface area contributed by atoms with E-state index in [0.29, 0.717) is 6.42 Å². The summed E-state index contributed by atoms with van der Waals surface area (Å²) >= 11 is 0. The SMILES string of the molecule is Cc1ccc2c(c1)C(Cc1cccnc1)=NNC2O. The Kier molecular flexibility index (Phi) is 3.01. The Morgan fingerprint density at radius 1 is 1.32 bits per heavy atom. The predicted molar refractivity (Wildman–Crippen MR) is 73.8 cm³/mol. The molecule has 1 aliphatic heterocycles. The van der Waals surface area contributed by atoms with Gasteiger partial charge in [-0.25, -0.2) is 0 Å². The molecule has 4 nitrogen and oxygen atoms in total. The molecule has 1 unspecified atom stereocenters. The molecule has 0 saturated carbocycles. The molecule has 0 amide bonds. The molecular weight excluding hydrogens is 238 g/mol. The highest BCUT2D eigenvalue weighted by Crippen LogP contribution is 2.23. The van der Waals surface area contributed by atoms with E-state index in [1.54, 1.807) is 6.20 Å². The lowest BCUT2D eigenvalue weighted by molar-refractivity contribution is 0.138. The van der Waals surface area contributed by atoms with Crippen molar-refractivity contribution in [2.45, 2.75) is 19.6 Å². The topological polar surface area (TPSA) is 57.5 Å². The van der Waals surface area contributed by atoms with Gasteiger partial charge in [0.15, 0.2) is 6.23 Å². The molecule has 1 atom stereocenters. The third-order valence-electron chi connectivity index (χ3n) is 3.23. The Labute approximate surface area is 111 Å². The van der Waals surface area contributed by atoms with E-state index in [4.69, 9.17) is 0 Å². The van der Waals surface area contributed by atoms with Gasteiger partial charge in [0.25, 0.3) is 0 Å². The van der Waals surface area contributed by atoms with E-state index >= 15 is 0 Å². The van der Waals surface area contributed by atoms with Crippen molar-refractivity contribution in [2.75, 3.05) is 0 Å². The Bertz CT molecular complexity index is 623. The molecule has 2 aromatic rings. The Hall–Kier alpha value is -2.20. The first kappa shape index (κ1) is 11.9. The fraction of sp³-hybridized carbons (Fsp3) is 0.200. The second-order valence-corrected chi connectivity index (χ2v) is 4.72. The van der Waals surface area contributed by atoms with Crippen molar-refractivity contribution < 1.29 is 5.11 Å². The number of pyridine rings is 1. The second kappa shape index (κ2) is 4.82. The molecule has 2 heterocycles. The number of nitrogens with zero attached hydrogens (tertiary/aromatic N) is 2. The molecule has 19 heavy (non-hydrogen) atoms. The van der Waals surface area contributed by atoms with Crippen LogP contribution in [0.25, 0.3) is 0 Å². The summed E-state index contributed by atoms with van der Waals surface area (Å²) in [7, 11) is 0. The minimum absolute atomic E-state index is 0.698. The molecule has 1 aromatic carbocycles. The highest BCUT2D eigenvalue weighted by atomic mass is 16.3. The van der Waals surface area contributed by atoms with Gasteiger partial charge in [-0.2, -0.15) is 5.10 Å². The molecule has 1 aliphatic rings. The van der Waals surface area contributed by atoms with E-state index in [-0.39, 0.29) is 0 Å². The lowest BCUT2D eigenvalue weighted by atomic mass is 9.95. The number of benzene rings is 1. The quantitative estimate of drug-likeness (QED) is 0.859. The zero-order valence-corrected chi connectivity index (χ0v) is 10.7. The first-order valence-corrected chi connectivity index (χ1v) is 6.24. The molecule has 0 spiro atoms. The van der Waals surface area contributed by atoms with Gasteiger partial charge in [-0.1, -0.05) is 23.8 Å². The molecule has 0 radical (unpaired) electrons. The van der Waals surface area contributed by atoms with Crippen molar-refractivity contribution in [1.29, 1.82) is 0 Å². The van der Waals surface area contributed by atoms with Crippen molar-refractivity contribution >= 4 is 5.71 Å². The van der Waals surface area contributed by atoms with Crippen LogP contribution in [0.4, 0.5) is 0 Å². The fourth-order valence-corrected chi connectivity index (χ4v) is 2.26. The maximum absolute atomic E-state index is 9.91. The smallest absolute Gasteiger partial charge is 0.166 e. The summed E-state index contributed by atoms with van der Waals surface area (Å²) in [5.41, 5.74) is 7.83. The van der Waals surface area contributed by atoms with Gasteiger partial charge in [0.1, 0.15) is 0 Å². The van der Waals surface area contributed by atoms with Crippen LogP contribution in [0.15, 0.2) is 47.8 Å². The summed E-state index contributed by atoms with van der Waals surface area (Å²) in [4.78, 5) is 4.11. The lowest BCUT2D eigenvalue weighted by Crippen LogP contribution is -2.27. The van der Waals surface area contributed by atoms with Crippen LogP contribution >= 0.6 is 0 Å². The third kappa shape index (κ3) is 2.35. The molecule has 3 rings (SSSR count).